The van der Waals surface area contributed by atoms with Crippen LogP contribution in [-0.2, 0) is 9.45 Å². The van der Waals surface area contributed by atoms with E-state index in [1.54, 1.807) is 0 Å². The van der Waals surface area contributed by atoms with Gasteiger partial charge in [0.1, 0.15) is 6.42 Å². The Morgan fingerprint density at radius 2 is 1.88 bits per heavy atom. The molecule has 0 saturated carbocycles. The van der Waals surface area contributed by atoms with E-state index in [-0.39, 0.29) is 5.46 Å². The zero-order valence-corrected chi connectivity index (χ0v) is 8.57. The predicted octanol–water partition coefficient (Wildman–Crippen LogP) is 0.452. The SMILES string of the molecule is Nc1ccc(B(O)OC(=O)CC(F)(F)F)cc1. The molecule has 1 rings (SSSR count). The number of carbonyl (C=O) groups excluding carboxylic acids is 1. The Morgan fingerprint density at radius 1 is 1.35 bits per heavy atom. The van der Waals surface area contributed by atoms with Crippen molar-refractivity contribution in [3.8, 4) is 0 Å². The Kier molecular flexibility index (Phi) is 4.00. The molecule has 0 aromatic heterocycles. The fraction of sp³-hybridized carbons (Fsp3) is 0.222. The lowest BCUT2D eigenvalue weighted by molar-refractivity contribution is -0.164. The molecule has 92 valence electrons. The van der Waals surface area contributed by atoms with E-state index >= 15 is 0 Å². The van der Waals surface area contributed by atoms with Gasteiger partial charge in [0.2, 0.25) is 0 Å². The molecule has 3 N–H and O–H groups in total. The monoisotopic (exact) mass is 247 g/mol. The van der Waals surface area contributed by atoms with Crippen LogP contribution in [0, 0.1) is 0 Å². The van der Waals surface area contributed by atoms with Crippen molar-refractivity contribution in [2.24, 2.45) is 0 Å². The van der Waals surface area contributed by atoms with Crippen LogP contribution in [0.4, 0.5) is 18.9 Å². The molecule has 17 heavy (non-hydrogen) atoms. The molecule has 0 aliphatic carbocycles. The van der Waals surface area contributed by atoms with Crippen LogP contribution in [0.25, 0.3) is 0 Å². The highest BCUT2D eigenvalue weighted by molar-refractivity contribution is 6.61. The van der Waals surface area contributed by atoms with Gasteiger partial charge in [-0.2, -0.15) is 13.2 Å². The second kappa shape index (κ2) is 5.09. The number of rotatable bonds is 3. The third-order valence-electron chi connectivity index (χ3n) is 1.81. The molecule has 1 aromatic rings. The minimum absolute atomic E-state index is 0.148. The summed E-state index contributed by atoms with van der Waals surface area (Å²) in [7, 11) is -1.73. The molecular weight excluding hydrogens is 238 g/mol. The molecule has 8 heteroatoms. The summed E-state index contributed by atoms with van der Waals surface area (Å²) < 4.78 is 39.6. The largest absolute Gasteiger partial charge is 0.561 e. The van der Waals surface area contributed by atoms with Crippen molar-refractivity contribution < 1.29 is 27.6 Å². The first-order chi connectivity index (χ1) is 7.78. The Hall–Kier alpha value is -1.70. The molecular formula is C9H9BF3NO3. The average molecular weight is 247 g/mol. The van der Waals surface area contributed by atoms with Gasteiger partial charge in [0.05, 0.1) is 0 Å². The van der Waals surface area contributed by atoms with Gasteiger partial charge < -0.3 is 15.4 Å². The molecule has 0 radical (unpaired) electrons. The maximum atomic E-state index is 11.8. The lowest BCUT2D eigenvalue weighted by atomic mass is 9.79. The van der Waals surface area contributed by atoms with Crippen LogP contribution in [0.15, 0.2) is 24.3 Å². The van der Waals surface area contributed by atoms with E-state index in [0.29, 0.717) is 5.69 Å². The number of anilines is 1. The number of benzene rings is 1. The second-order valence-corrected chi connectivity index (χ2v) is 3.30. The number of alkyl halides is 3. The Morgan fingerprint density at radius 3 is 2.35 bits per heavy atom. The van der Waals surface area contributed by atoms with Crippen molar-refractivity contribution >= 4 is 24.2 Å². The Labute approximate surface area is 95.3 Å². The minimum atomic E-state index is -4.65. The van der Waals surface area contributed by atoms with E-state index in [4.69, 9.17) is 5.73 Å². The van der Waals surface area contributed by atoms with Gasteiger partial charge in [0.25, 0.3) is 5.97 Å². The van der Waals surface area contributed by atoms with Crippen molar-refractivity contribution in [2.75, 3.05) is 5.73 Å². The van der Waals surface area contributed by atoms with Gasteiger partial charge in [-0.05, 0) is 17.6 Å². The van der Waals surface area contributed by atoms with Crippen LogP contribution in [0.3, 0.4) is 0 Å². The molecule has 0 amide bonds. The van der Waals surface area contributed by atoms with E-state index in [2.05, 4.69) is 4.65 Å². The second-order valence-electron chi connectivity index (χ2n) is 3.30. The van der Waals surface area contributed by atoms with Gasteiger partial charge in [-0.1, -0.05) is 12.1 Å². The Balaban J connectivity index is 2.57. The first-order valence-corrected chi connectivity index (χ1v) is 4.57. The van der Waals surface area contributed by atoms with Crippen LogP contribution in [0.5, 0.6) is 0 Å². The number of nitrogen functional groups attached to an aromatic ring is 1. The van der Waals surface area contributed by atoms with Crippen LogP contribution >= 0.6 is 0 Å². The van der Waals surface area contributed by atoms with E-state index in [9.17, 15) is 23.0 Å². The summed E-state index contributed by atoms with van der Waals surface area (Å²) in [6, 6.07) is 5.55. The van der Waals surface area contributed by atoms with Crippen LogP contribution in [0.1, 0.15) is 6.42 Å². The summed E-state index contributed by atoms with van der Waals surface area (Å²) in [5, 5.41) is 9.33. The normalized spacial score (nSPS) is 11.1. The van der Waals surface area contributed by atoms with Gasteiger partial charge in [-0.3, -0.25) is 4.79 Å². The van der Waals surface area contributed by atoms with Crippen molar-refractivity contribution in [3.63, 3.8) is 0 Å². The van der Waals surface area contributed by atoms with E-state index in [1.807, 2.05) is 0 Å². The van der Waals surface area contributed by atoms with E-state index in [0.717, 1.165) is 0 Å². The molecule has 0 atom stereocenters. The van der Waals surface area contributed by atoms with Crippen molar-refractivity contribution in [3.05, 3.63) is 24.3 Å². The summed E-state index contributed by atoms with van der Waals surface area (Å²) >= 11 is 0. The number of hydrogen-bond acceptors (Lipinski definition) is 4. The molecule has 0 saturated heterocycles. The topological polar surface area (TPSA) is 72.6 Å². The third-order valence-corrected chi connectivity index (χ3v) is 1.81. The molecule has 0 heterocycles. The maximum Gasteiger partial charge on any atom is 0.561 e. The van der Waals surface area contributed by atoms with Crippen molar-refractivity contribution in [2.45, 2.75) is 12.6 Å². The predicted molar refractivity (Wildman–Crippen MR) is 55.2 cm³/mol. The molecule has 0 bridgehead atoms. The summed E-state index contributed by atoms with van der Waals surface area (Å²) in [6.45, 7) is 0. The van der Waals surface area contributed by atoms with Crippen molar-refractivity contribution in [1.29, 1.82) is 0 Å². The van der Waals surface area contributed by atoms with E-state index in [1.165, 1.54) is 24.3 Å². The van der Waals surface area contributed by atoms with E-state index < -0.39 is 25.7 Å². The molecule has 4 nitrogen and oxygen atoms in total. The fourth-order valence-electron chi connectivity index (χ4n) is 1.06. The van der Waals surface area contributed by atoms with Crippen LogP contribution < -0.4 is 11.2 Å². The molecule has 0 spiro atoms. The third kappa shape index (κ3) is 4.77. The molecule has 0 aliphatic heterocycles. The number of carbonyl (C=O) groups is 1. The van der Waals surface area contributed by atoms with Crippen LogP contribution in [0.2, 0.25) is 0 Å². The fourth-order valence-corrected chi connectivity index (χ4v) is 1.06. The standard InChI is InChI=1S/C9H9BF3NO3/c11-9(12,13)5-8(15)17-10(16)6-1-3-7(14)4-2-6/h1-4,16H,5,14H2. The number of halogens is 3. The first-order valence-electron chi connectivity index (χ1n) is 4.57. The van der Waals surface area contributed by atoms with Gasteiger partial charge in [0, 0.05) is 5.69 Å². The summed E-state index contributed by atoms with van der Waals surface area (Å²) in [5.41, 5.74) is 5.94. The zero-order chi connectivity index (χ0) is 13.1. The summed E-state index contributed by atoms with van der Waals surface area (Å²) in [4.78, 5) is 10.8. The quantitative estimate of drug-likeness (QED) is 0.600. The highest BCUT2D eigenvalue weighted by atomic mass is 19.4. The molecule has 0 unspecified atom stereocenters. The smallest absolute Gasteiger partial charge is 0.506 e. The van der Waals surface area contributed by atoms with Gasteiger partial charge in [0.15, 0.2) is 0 Å². The lowest BCUT2D eigenvalue weighted by Gasteiger charge is -2.10. The van der Waals surface area contributed by atoms with Gasteiger partial charge in [-0.25, -0.2) is 0 Å². The maximum absolute atomic E-state index is 11.8. The first kappa shape index (κ1) is 13.4. The van der Waals surface area contributed by atoms with Crippen molar-refractivity contribution in [1.82, 2.24) is 0 Å². The highest BCUT2D eigenvalue weighted by Crippen LogP contribution is 2.19. The minimum Gasteiger partial charge on any atom is -0.506 e. The molecule has 0 aliphatic rings. The average Bonchev–Trinajstić information content (AvgIpc) is 2.15. The van der Waals surface area contributed by atoms with Gasteiger partial charge in [-0.15, -0.1) is 0 Å². The highest BCUT2D eigenvalue weighted by Gasteiger charge is 2.34. The molecule has 1 aromatic carbocycles. The summed E-state index contributed by atoms with van der Waals surface area (Å²) in [6.07, 6.45) is -6.39. The lowest BCUT2D eigenvalue weighted by Crippen LogP contribution is -2.36. The zero-order valence-electron chi connectivity index (χ0n) is 8.57. The molecule has 0 fully saturated rings. The number of hydrogen-bond donors (Lipinski definition) is 2. The van der Waals surface area contributed by atoms with Gasteiger partial charge >= 0.3 is 13.3 Å². The summed E-state index contributed by atoms with van der Waals surface area (Å²) in [5.74, 6) is -1.54. The van der Waals surface area contributed by atoms with Crippen LogP contribution in [-0.4, -0.2) is 24.3 Å². The number of nitrogens with two attached hydrogens (primary N) is 1. The Bertz CT molecular complexity index is 393.